The molecule has 0 spiro atoms. The third kappa shape index (κ3) is 2.35. The summed E-state index contributed by atoms with van der Waals surface area (Å²) in [6, 6.07) is 12.0. The van der Waals surface area contributed by atoms with Crippen molar-refractivity contribution in [2.24, 2.45) is 0 Å². The molecule has 2 aromatic rings. The van der Waals surface area contributed by atoms with Crippen LogP contribution in [-0.2, 0) is 0 Å². The fourth-order valence-electron chi connectivity index (χ4n) is 2.98. The van der Waals surface area contributed by atoms with Crippen LogP contribution in [0.25, 0.3) is 5.69 Å². The van der Waals surface area contributed by atoms with Crippen molar-refractivity contribution < 1.29 is 4.79 Å². The number of amides is 1. The van der Waals surface area contributed by atoms with Crippen LogP contribution >= 0.6 is 0 Å². The summed E-state index contributed by atoms with van der Waals surface area (Å²) in [5.41, 5.74) is 2.75. The summed E-state index contributed by atoms with van der Waals surface area (Å²) in [5, 5.41) is 4.70. The van der Waals surface area contributed by atoms with E-state index in [0.717, 1.165) is 37.3 Å². The number of benzene rings is 1. The van der Waals surface area contributed by atoms with Gasteiger partial charge in [0.05, 0.1) is 11.4 Å². The van der Waals surface area contributed by atoms with E-state index in [2.05, 4.69) is 0 Å². The van der Waals surface area contributed by atoms with Crippen LogP contribution in [0.4, 0.5) is 0 Å². The molecule has 4 nitrogen and oxygen atoms in total. The Labute approximate surface area is 124 Å². The van der Waals surface area contributed by atoms with Gasteiger partial charge in [0.1, 0.15) is 5.69 Å². The monoisotopic (exact) mass is 281 g/mol. The molecule has 21 heavy (non-hydrogen) atoms. The van der Waals surface area contributed by atoms with Gasteiger partial charge in [0.25, 0.3) is 5.91 Å². The average molecular weight is 281 g/mol. The number of carbonyl (C=O) groups is 1. The number of likely N-dealkylation sites (tertiary alicyclic amines) is 1. The lowest BCUT2D eigenvalue weighted by atomic mass is 10.2. The van der Waals surface area contributed by atoms with Crippen LogP contribution in [0.5, 0.6) is 0 Å². The third-order valence-corrected chi connectivity index (χ3v) is 4.34. The first kappa shape index (κ1) is 12.6. The standard InChI is InChI=1S/C17H19N3O/c21-17(19-10-4-5-11-19)16-12-15(13-8-9-13)18-20(16)14-6-2-1-3-7-14/h1-3,6-7,12-13H,4-5,8-11H2. The van der Waals surface area contributed by atoms with Crippen molar-refractivity contribution in [1.29, 1.82) is 0 Å². The second-order valence-corrected chi connectivity index (χ2v) is 5.98. The van der Waals surface area contributed by atoms with Crippen molar-refractivity contribution in [2.45, 2.75) is 31.6 Å². The predicted molar refractivity (Wildman–Crippen MR) is 80.7 cm³/mol. The number of carbonyl (C=O) groups excluding carboxylic acids is 1. The third-order valence-electron chi connectivity index (χ3n) is 4.34. The van der Waals surface area contributed by atoms with Crippen molar-refractivity contribution in [2.75, 3.05) is 13.1 Å². The van der Waals surface area contributed by atoms with E-state index in [1.54, 1.807) is 0 Å². The molecule has 4 rings (SSSR count). The topological polar surface area (TPSA) is 38.1 Å². The quantitative estimate of drug-likeness (QED) is 0.867. The maximum Gasteiger partial charge on any atom is 0.272 e. The highest BCUT2D eigenvalue weighted by atomic mass is 16.2. The molecule has 2 aliphatic rings. The summed E-state index contributed by atoms with van der Waals surface area (Å²) < 4.78 is 1.83. The number of nitrogens with zero attached hydrogens (tertiary/aromatic N) is 3. The van der Waals surface area contributed by atoms with Crippen LogP contribution < -0.4 is 0 Å². The summed E-state index contributed by atoms with van der Waals surface area (Å²) >= 11 is 0. The minimum atomic E-state index is 0.121. The fraction of sp³-hybridized carbons (Fsp3) is 0.412. The van der Waals surface area contributed by atoms with Crippen molar-refractivity contribution >= 4 is 5.91 Å². The minimum absolute atomic E-state index is 0.121. The van der Waals surface area contributed by atoms with Gasteiger partial charge in [-0.1, -0.05) is 18.2 Å². The number of hydrogen-bond acceptors (Lipinski definition) is 2. The van der Waals surface area contributed by atoms with Crippen molar-refractivity contribution in [1.82, 2.24) is 14.7 Å². The van der Waals surface area contributed by atoms with Gasteiger partial charge in [0, 0.05) is 19.0 Å². The number of hydrogen-bond donors (Lipinski definition) is 0. The molecule has 0 N–H and O–H groups in total. The second-order valence-electron chi connectivity index (χ2n) is 5.98. The molecule has 0 unspecified atom stereocenters. The molecular formula is C17H19N3O. The summed E-state index contributed by atoms with van der Waals surface area (Å²) in [6.07, 6.45) is 4.62. The fourth-order valence-corrected chi connectivity index (χ4v) is 2.98. The van der Waals surface area contributed by atoms with Crippen LogP contribution in [0.3, 0.4) is 0 Å². The van der Waals surface area contributed by atoms with Crippen LogP contribution in [-0.4, -0.2) is 33.7 Å². The van der Waals surface area contributed by atoms with Gasteiger partial charge < -0.3 is 4.90 Å². The molecule has 108 valence electrons. The first-order valence-corrected chi connectivity index (χ1v) is 7.77. The molecule has 2 fully saturated rings. The molecule has 1 saturated carbocycles. The molecule has 2 heterocycles. The zero-order valence-corrected chi connectivity index (χ0v) is 12.0. The lowest BCUT2D eigenvalue weighted by Gasteiger charge is -2.15. The summed E-state index contributed by atoms with van der Waals surface area (Å²) in [4.78, 5) is 14.7. The molecule has 1 aliphatic heterocycles. The SMILES string of the molecule is O=C(c1cc(C2CC2)nn1-c1ccccc1)N1CCCC1. The molecule has 0 radical (unpaired) electrons. The lowest BCUT2D eigenvalue weighted by molar-refractivity contribution is 0.0784. The van der Waals surface area contributed by atoms with E-state index >= 15 is 0 Å². The van der Waals surface area contributed by atoms with Gasteiger partial charge in [-0.3, -0.25) is 4.79 Å². The van der Waals surface area contributed by atoms with Crippen molar-refractivity contribution in [3.8, 4) is 5.69 Å². The molecule has 1 aromatic heterocycles. The molecule has 0 atom stereocenters. The van der Waals surface area contributed by atoms with Crippen molar-refractivity contribution in [3.63, 3.8) is 0 Å². The second kappa shape index (κ2) is 5.02. The Kier molecular flexibility index (Phi) is 3.02. The van der Waals surface area contributed by atoms with Gasteiger partial charge in [-0.05, 0) is 43.9 Å². The smallest absolute Gasteiger partial charge is 0.272 e. The molecule has 4 heteroatoms. The van der Waals surface area contributed by atoms with Crippen LogP contribution in [0.2, 0.25) is 0 Å². The Morgan fingerprint density at radius 2 is 1.81 bits per heavy atom. The van der Waals surface area contributed by atoms with Gasteiger partial charge in [-0.2, -0.15) is 5.10 Å². The Morgan fingerprint density at radius 1 is 1.10 bits per heavy atom. The van der Waals surface area contributed by atoms with E-state index in [1.165, 1.54) is 12.8 Å². The highest BCUT2D eigenvalue weighted by molar-refractivity contribution is 5.93. The van der Waals surface area contributed by atoms with E-state index in [-0.39, 0.29) is 5.91 Å². The van der Waals surface area contributed by atoms with E-state index in [0.29, 0.717) is 11.6 Å². The Morgan fingerprint density at radius 3 is 2.48 bits per heavy atom. The van der Waals surface area contributed by atoms with Gasteiger partial charge in [0.15, 0.2) is 0 Å². The first-order valence-electron chi connectivity index (χ1n) is 7.77. The van der Waals surface area contributed by atoms with Gasteiger partial charge in [-0.15, -0.1) is 0 Å². The minimum Gasteiger partial charge on any atom is -0.337 e. The summed E-state index contributed by atoms with van der Waals surface area (Å²) in [5.74, 6) is 0.677. The Hall–Kier alpha value is -2.10. The zero-order chi connectivity index (χ0) is 14.2. The molecule has 1 aromatic carbocycles. The maximum absolute atomic E-state index is 12.8. The highest BCUT2D eigenvalue weighted by Gasteiger charge is 2.30. The predicted octanol–water partition coefficient (Wildman–Crippen LogP) is 2.99. The van der Waals surface area contributed by atoms with Gasteiger partial charge in [-0.25, -0.2) is 4.68 Å². The molecule has 0 bridgehead atoms. The average Bonchev–Trinajstić information content (AvgIpc) is 3.06. The zero-order valence-electron chi connectivity index (χ0n) is 12.0. The van der Waals surface area contributed by atoms with E-state index in [1.807, 2.05) is 46.0 Å². The van der Waals surface area contributed by atoms with Crippen LogP contribution in [0, 0.1) is 0 Å². The van der Waals surface area contributed by atoms with E-state index in [9.17, 15) is 4.79 Å². The van der Waals surface area contributed by atoms with Gasteiger partial charge in [0.2, 0.25) is 0 Å². The number of rotatable bonds is 3. The van der Waals surface area contributed by atoms with E-state index in [4.69, 9.17) is 5.10 Å². The first-order chi connectivity index (χ1) is 10.3. The maximum atomic E-state index is 12.8. The largest absolute Gasteiger partial charge is 0.337 e. The van der Waals surface area contributed by atoms with E-state index < -0.39 is 0 Å². The molecule has 1 saturated heterocycles. The Balaban J connectivity index is 1.75. The van der Waals surface area contributed by atoms with Gasteiger partial charge >= 0.3 is 0 Å². The highest BCUT2D eigenvalue weighted by Crippen LogP contribution is 2.39. The lowest BCUT2D eigenvalue weighted by Crippen LogP contribution is -2.29. The molecular weight excluding hydrogens is 262 g/mol. The van der Waals surface area contributed by atoms with Crippen LogP contribution in [0.1, 0.15) is 47.8 Å². The summed E-state index contributed by atoms with van der Waals surface area (Å²) in [6.45, 7) is 1.75. The molecule has 1 amide bonds. The van der Waals surface area contributed by atoms with Crippen molar-refractivity contribution in [3.05, 3.63) is 47.8 Å². The number of para-hydroxylation sites is 1. The molecule has 1 aliphatic carbocycles. The summed E-state index contributed by atoms with van der Waals surface area (Å²) in [7, 11) is 0. The Bertz CT molecular complexity index is 652. The van der Waals surface area contributed by atoms with Crippen LogP contribution in [0.15, 0.2) is 36.4 Å². The number of aromatic nitrogens is 2. The normalized spacial score (nSPS) is 18.2.